The van der Waals surface area contributed by atoms with E-state index in [0.29, 0.717) is 0 Å². The number of hydrogen-bond acceptors (Lipinski definition) is 4. The van der Waals surface area contributed by atoms with Crippen molar-refractivity contribution in [1.82, 2.24) is 9.88 Å². The van der Waals surface area contributed by atoms with Gasteiger partial charge in [-0.15, -0.1) is 0 Å². The first-order chi connectivity index (χ1) is 11.0. The summed E-state index contributed by atoms with van der Waals surface area (Å²) in [6, 6.07) is 14.7. The molecule has 2 rings (SSSR count). The van der Waals surface area contributed by atoms with Crippen molar-refractivity contribution in [2.45, 2.75) is 20.0 Å². The Hall–Kier alpha value is -2.73. The Kier molecular flexibility index (Phi) is 8.02. The number of nitrogens with zero attached hydrogens (tertiary/aromatic N) is 2. The quantitative estimate of drug-likeness (QED) is 0.822. The van der Waals surface area contributed by atoms with Gasteiger partial charge >= 0.3 is 11.9 Å². The second-order valence-corrected chi connectivity index (χ2v) is 4.75. The first-order valence-electron chi connectivity index (χ1n) is 7.14. The van der Waals surface area contributed by atoms with Crippen molar-refractivity contribution in [1.29, 1.82) is 0 Å². The van der Waals surface area contributed by atoms with E-state index in [2.05, 4.69) is 59.3 Å². The second kappa shape index (κ2) is 10.1. The number of carbonyl (C=O) groups is 2. The van der Waals surface area contributed by atoms with E-state index < -0.39 is 11.9 Å². The van der Waals surface area contributed by atoms with Gasteiger partial charge in [0, 0.05) is 25.5 Å². The van der Waals surface area contributed by atoms with Gasteiger partial charge in [-0.1, -0.05) is 37.3 Å². The third-order valence-electron chi connectivity index (χ3n) is 3.03. The molecule has 0 bridgehead atoms. The van der Waals surface area contributed by atoms with Crippen LogP contribution in [0.4, 0.5) is 0 Å². The summed E-state index contributed by atoms with van der Waals surface area (Å²) in [7, 11) is 0. The van der Waals surface area contributed by atoms with Crippen molar-refractivity contribution >= 4 is 11.9 Å². The van der Waals surface area contributed by atoms with Crippen LogP contribution in [0.5, 0.6) is 0 Å². The summed E-state index contributed by atoms with van der Waals surface area (Å²) in [5, 5.41) is 14.8. The topological polar surface area (TPSA) is 90.7 Å². The Balaban J connectivity index is 0.000000379. The van der Waals surface area contributed by atoms with Crippen LogP contribution in [0.2, 0.25) is 0 Å². The number of carboxylic acid groups (broad SMARTS) is 2. The SMILES string of the molecule is CCN(Cc1ccccc1)Cc1ccncc1.O=C(O)C(=O)O. The van der Waals surface area contributed by atoms with Crippen molar-refractivity contribution in [2.75, 3.05) is 6.54 Å². The maximum absolute atomic E-state index is 9.10. The summed E-state index contributed by atoms with van der Waals surface area (Å²) < 4.78 is 0. The maximum atomic E-state index is 9.10. The van der Waals surface area contributed by atoms with E-state index in [1.54, 1.807) is 0 Å². The standard InChI is InChI=1S/C15H18N2.C2H2O4/c1-2-17(12-14-6-4-3-5-7-14)13-15-8-10-16-11-9-15;3-1(4)2(5)6/h3-11H,2,12-13H2,1H3;(H,3,4)(H,5,6). The molecule has 0 saturated heterocycles. The maximum Gasteiger partial charge on any atom is 0.414 e. The molecule has 1 heterocycles. The van der Waals surface area contributed by atoms with Crippen LogP contribution in [0.3, 0.4) is 0 Å². The third kappa shape index (κ3) is 7.73. The van der Waals surface area contributed by atoms with Crippen LogP contribution in [0, 0.1) is 0 Å². The van der Waals surface area contributed by atoms with Gasteiger partial charge in [0.15, 0.2) is 0 Å². The van der Waals surface area contributed by atoms with Gasteiger partial charge in [0.05, 0.1) is 0 Å². The number of benzene rings is 1. The molecule has 0 atom stereocenters. The fourth-order valence-corrected chi connectivity index (χ4v) is 1.87. The number of pyridine rings is 1. The highest BCUT2D eigenvalue weighted by molar-refractivity contribution is 6.27. The van der Waals surface area contributed by atoms with Crippen molar-refractivity contribution in [3.8, 4) is 0 Å². The average Bonchev–Trinajstić information content (AvgIpc) is 2.56. The smallest absolute Gasteiger partial charge is 0.414 e. The van der Waals surface area contributed by atoms with Crippen LogP contribution >= 0.6 is 0 Å². The van der Waals surface area contributed by atoms with Crippen LogP contribution < -0.4 is 0 Å². The number of aromatic nitrogens is 1. The molecule has 6 heteroatoms. The Morgan fingerprint density at radius 1 is 0.913 bits per heavy atom. The monoisotopic (exact) mass is 316 g/mol. The molecule has 0 amide bonds. The van der Waals surface area contributed by atoms with Crippen LogP contribution in [0.15, 0.2) is 54.9 Å². The summed E-state index contributed by atoms with van der Waals surface area (Å²) in [5.74, 6) is -3.65. The minimum atomic E-state index is -1.82. The van der Waals surface area contributed by atoms with E-state index in [1.165, 1.54) is 11.1 Å². The summed E-state index contributed by atoms with van der Waals surface area (Å²) in [6.45, 7) is 5.23. The van der Waals surface area contributed by atoms with Gasteiger partial charge in [-0.2, -0.15) is 0 Å². The molecule has 122 valence electrons. The largest absolute Gasteiger partial charge is 0.473 e. The molecule has 2 aromatic rings. The number of aliphatic carboxylic acids is 2. The van der Waals surface area contributed by atoms with Crippen LogP contribution in [-0.2, 0) is 22.7 Å². The van der Waals surface area contributed by atoms with Gasteiger partial charge in [0.1, 0.15) is 0 Å². The number of rotatable bonds is 5. The van der Waals surface area contributed by atoms with Gasteiger partial charge in [-0.05, 0) is 29.8 Å². The van der Waals surface area contributed by atoms with Crippen molar-refractivity contribution in [3.63, 3.8) is 0 Å². The molecular weight excluding hydrogens is 296 g/mol. The normalized spacial score (nSPS) is 9.83. The minimum Gasteiger partial charge on any atom is -0.473 e. The molecule has 0 radical (unpaired) electrons. The fraction of sp³-hybridized carbons (Fsp3) is 0.235. The van der Waals surface area contributed by atoms with E-state index in [9.17, 15) is 0 Å². The fourth-order valence-electron chi connectivity index (χ4n) is 1.87. The Morgan fingerprint density at radius 2 is 1.39 bits per heavy atom. The van der Waals surface area contributed by atoms with Crippen molar-refractivity contribution < 1.29 is 19.8 Å². The molecule has 1 aromatic carbocycles. The lowest BCUT2D eigenvalue weighted by molar-refractivity contribution is -0.159. The molecule has 1 aromatic heterocycles. The van der Waals surface area contributed by atoms with E-state index in [1.807, 2.05) is 12.4 Å². The average molecular weight is 316 g/mol. The summed E-state index contributed by atoms with van der Waals surface area (Å²) in [6.07, 6.45) is 3.71. The molecule has 0 aliphatic rings. The number of carboxylic acids is 2. The zero-order valence-electron chi connectivity index (χ0n) is 12.9. The molecule has 0 aliphatic carbocycles. The van der Waals surface area contributed by atoms with Crippen LogP contribution in [0.25, 0.3) is 0 Å². The van der Waals surface area contributed by atoms with Crippen molar-refractivity contribution in [3.05, 3.63) is 66.0 Å². The molecule has 0 fully saturated rings. The van der Waals surface area contributed by atoms with Crippen molar-refractivity contribution in [2.24, 2.45) is 0 Å². The summed E-state index contributed by atoms with van der Waals surface area (Å²) in [4.78, 5) is 24.7. The predicted octanol–water partition coefficient (Wildman–Crippen LogP) is 2.26. The summed E-state index contributed by atoms with van der Waals surface area (Å²) in [5.41, 5.74) is 2.68. The van der Waals surface area contributed by atoms with E-state index in [4.69, 9.17) is 19.8 Å². The lowest BCUT2D eigenvalue weighted by atomic mass is 10.2. The number of hydrogen-bond donors (Lipinski definition) is 2. The van der Waals surface area contributed by atoms with Gasteiger partial charge < -0.3 is 10.2 Å². The van der Waals surface area contributed by atoms with E-state index in [-0.39, 0.29) is 0 Å². The second-order valence-electron chi connectivity index (χ2n) is 4.75. The molecule has 0 spiro atoms. The van der Waals surface area contributed by atoms with Gasteiger partial charge in [0.2, 0.25) is 0 Å². The van der Waals surface area contributed by atoms with E-state index in [0.717, 1.165) is 19.6 Å². The highest BCUT2D eigenvalue weighted by Gasteiger charge is 2.04. The lowest BCUT2D eigenvalue weighted by Crippen LogP contribution is -2.22. The highest BCUT2D eigenvalue weighted by atomic mass is 16.4. The Labute approximate surface area is 135 Å². The van der Waals surface area contributed by atoms with Gasteiger partial charge in [-0.25, -0.2) is 9.59 Å². The van der Waals surface area contributed by atoms with E-state index >= 15 is 0 Å². The summed E-state index contributed by atoms with van der Waals surface area (Å²) >= 11 is 0. The molecule has 0 aliphatic heterocycles. The first kappa shape index (κ1) is 18.3. The molecular formula is C17H20N2O4. The van der Waals surface area contributed by atoms with Gasteiger partial charge in [-0.3, -0.25) is 9.88 Å². The molecule has 0 saturated carbocycles. The first-order valence-corrected chi connectivity index (χ1v) is 7.14. The van der Waals surface area contributed by atoms with Crippen LogP contribution in [-0.4, -0.2) is 38.6 Å². The Morgan fingerprint density at radius 3 is 1.83 bits per heavy atom. The van der Waals surface area contributed by atoms with Gasteiger partial charge in [0.25, 0.3) is 0 Å². The molecule has 2 N–H and O–H groups in total. The van der Waals surface area contributed by atoms with Crippen LogP contribution in [0.1, 0.15) is 18.1 Å². The highest BCUT2D eigenvalue weighted by Crippen LogP contribution is 2.08. The molecule has 0 unspecified atom stereocenters. The minimum absolute atomic E-state index is 0.980. The lowest BCUT2D eigenvalue weighted by Gasteiger charge is -2.20. The third-order valence-corrected chi connectivity index (χ3v) is 3.03. The zero-order chi connectivity index (χ0) is 17.1. The Bertz CT molecular complexity index is 549. The molecule has 23 heavy (non-hydrogen) atoms. The zero-order valence-corrected chi connectivity index (χ0v) is 12.9. The predicted molar refractivity (Wildman–Crippen MR) is 85.7 cm³/mol. The molecule has 6 nitrogen and oxygen atoms in total.